The van der Waals surface area contributed by atoms with Crippen molar-refractivity contribution in [2.75, 3.05) is 0 Å². The van der Waals surface area contributed by atoms with Crippen LogP contribution in [-0.4, -0.2) is 26.0 Å². The molecule has 19 heavy (non-hydrogen) atoms. The minimum Gasteiger partial charge on any atom is -0.507 e. The van der Waals surface area contributed by atoms with Crippen LogP contribution in [0.4, 0.5) is 0 Å². The molecule has 2 aromatic carbocycles. The van der Waals surface area contributed by atoms with Crippen molar-refractivity contribution >= 4 is 16.7 Å². The van der Waals surface area contributed by atoms with Crippen molar-refractivity contribution in [1.29, 1.82) is 0 Å². The maximum absolute atomic E-state index is 11.0. The Bertz CT molecular complexity index is 764. The number of benzene rings is 2. The quantitative estimate of drug-likeness (QED) is 0.736. The number of aromatic nitrogens is 2. The SMILES string of the molecule is O=C(O)c1cc2cc(-n3cccn3)ccc2cc1O. The molecule has 0 aliphatic carbocycles. The number of carboxylic acid groups (broad SMARTS) is 1. The lowest BCUT2D eigenvalue weighted by Gasteiger charge is -2.06. The third-order valence-electron chi connectivity index (χ3n) is 2.94. The average molecular weight is 254 g/mol. The van der Waals surface area contributed by atoms with E-state index >= 15 is 0 Å². The van der Waals surface area contributed by atoms with Crippen molar-refractivity contribution in [3.8, 4) is 11.4 Å². The van der Waals surface area contributed by atoms with Gasteiger partial charge in [0.2, 0.25) is 0 Å². The fourth-order valence-electron chi connectivity index (χ4n) is 2.01. The van der Waals surface area contributed by atoms with Gasteiger partial charge in [0.25, 0.3) is 0 Å². The topological polar surface area (TPSA) is 75.3 Å². The normalized spacial score (nSPS) is 10.7. The molecule has 5 heteroatoms. The lowest BCUT2D eigenvalue weighted by molar-refractivity contribution is 0.0694. The fourth-order valence-corrected chi connectivity index (χ4v) is 2.01. The zero-order chi connectivity index (χ0) is 13.4. The number of hydrogen-bond donors (Lipinski definition) is 2. The van der Waals surface area contributed by atoms with Crippen LogP contribution in [0, 0.1) is 0 Å². The summed E-state index contributed by atoms with van der Waals surface area (Å²) in [6.07, 6.45) is 3.48. The number of aromatic carboxylic acids is 1. The Balaban J connectivity index is 2.22. The second kappa shape index (κ2) is 4.13. The number of hydrogen-bond acceptors (Lipinski definition) is 3. The van der Waals surface area contributed by atoms with Crippen LogP contribution in [0.1, 0.15) is 10.4 Å². The molecule has 94 valence electrons. The Hall–Kier alpha value is -2.82. The van der Waals surface area contributed by atoms with Gasteiger partial charge >= 0.3 is 5.97 Å². The van der Waals surface area contributed by atoms with Crippen LogP contribution in [0.2, 0.25) is 0 Å². The third-order valence-corrected chi connectivity index (χ3v) is 2.94. The molecule has 0 bridgehead atoms. The molecular formula is C14H10N2O3. The van der Waals surface area contributed by atoms with Crippen molar-refractivity contribution in [3.63, 3.8) is 0 Å². The second-order valence-corrected chi connectivity index (χ2v) is 4.16. The molecule has 0 aliphatic rings. The van der Waals surface area contributed by atoms with Crippen LogP contribution in [0.15, 0.2) is 48.8 Å². The number of phenols is 1. The standard InChI is InChI=1S/C14H10N2O3/c17-13-8-9-2-3-11(16-5-1-4-15-16)6-10(9)7-12(13)14(18)19/h1-8,17H,(H,18,19). The highest BCUT2D eigenvalue weighted by Crippen LogP contribution is 2.26. The molecule has 0 saturated heterocycles. The Morgan fingerprint density at radius 3 is 2.68 bits per heavy atom. The van der Waals surface area contributed by atoms with Gasteiger partial charge < -0.3 is 10.2 Å². The molecule has 0 saturated carbocycles. The van der Waals surface area contributed by atoms with Gasteiger partial charge in [0.1, 0.15) is 11.3 Å². The highest BCUT2D eigenvalue weighted by atomic mass is 16.4. The van der Waals surface area contributed by atoms with Crippen LogP contribution in [0.3, 0.4) is 0 Å². The van der Waals surface area contributed by atoms with Gasteiger partial charge in [-0.05, 0) is 41.1 Å². The average Bonchev–Trinajstić information content (AvgIpc) is 2.91. The first-order valence-electron chi connectivity index (χ1n) is 5.65. The van der Waals surface area contributed by atoms with E-state index in [0.29, 0.717) is 0 Å². The maximum atomic E-state index is 11.0. The van der Waals surface area contributed by atoms with Crippen molar-refractivity contribution in [3.05, 3.63) is 54.4 Å². The highest BCUT2D eigenvalue weighted by Gasteiger charge is 2.11. The van der Waals surface area contributed by atoms with Crippen LogP contribution >= 0.6 is 0 Å². The Labute approximate surface area is 108 Å². The van der Waals surface area contributed by atoms with E-state index in [1.807, 2.05) is 24.3 Å². The molecule has 0 atom stereocenters. The Morgan fingerprint density at radius 2 is 2.00 bits per heavy atom. The molecular weight excluding hydrogens is 244 g/mol. The first kappa shape index (κ1) is 11.3. The molecule has 0 unspecified atom stereocenters. The van der Waals surface area contributed by atoms with Crippen LogP contribution in [0.5, 0.6) is 5.75 Å². The monoisotopic (exact) mass is 254 g/mol. The second-order valence-electron chi connectivity index (χ2n) is 4.16. The molecule has 3 aromatic rings. The first-order chi connectivity index (χ1) is 9.15. The smallest absolute Gasteiger partial charge is 0.339 e. The molecule has 0 radical (unpaired) electrons. The molecule has 0 amide bonds. The number of aromatic hydroxyl groups is 1. The summed E-state index contributed by atoms with van der Waals surface area (Å²) in [4.78, 5) is 11.0. The lowest BCUT2D eigenvalue weighted by atomic mass is 10.1. The van der Waals surface area contributed by atoms with E-state index < -0.39 is 5.97 Å². The largest absolute Gasteiger partial charge is 0.507 e. The highest BCUT2D eigenvalue weighted by molar-refractivity contribution is 5.98. The maximum Gasteiger partial charge on any atom is 0.339 e. The van der Waals surface area contributed by atoms with Gasteiger partial charge in [-0.1, -0.05) is 6.07 Å². The van der Waals surface area contributed by atoms with E-state index in [0.717, 1.165) is 16.5 Å². The van der Waals surface area contributed by atoms with Gasteiger partial charge in [0.05, 0.1) is 5.69 Å². The van der Waals surface area contributed by atoms with E-state index in [4.69, 9.17) is 5.11 Å². The summed E-state index contributed by atoms with van der Waals surface area (Å²) < 4.78 is 1.69. The summed E-state index contributed by atoms with van der Waals surface area (Å²) in [7, 11) is 0. The zero-order valence-corrected chi connectivity index (χ0v) is 9.82. The predicted octanol–water partition coefficient (Wildman–Crippen LogP) is 2.43. The van der Waals surface area contributed by atoms with E-state index in [1.165, 1.54) is 12.1 Å². The molecule has 0 spiro atoms. The number of fused-ring (bicyclic) bond motifs is 1. The third kappa shape index (κ3) is 1.91. The van der Waals surface area contributed by atoms with Crippen molar-refractivity contribution < 1.29 is 15.0 Å². The number of nitrogens with zero attached hydrogens (tertiary/aromatic N) is 2. The summed E-state index contributed by atoms with van der Waals surface area (Å²) in [5, 5.41) is 24.3. The van der Waals surface area contributed by atoms with Crippen molar-refractivity contribution in [2.24, 2.45) is 0 Å². The Morgan fingerprint density at radius 1 is 1.16 bits per heavy atom. The molecule has 0 fully saturated rings. The van der Waals surface area contributed by atoms with E-state index in [-0.39, 0.29) is 11.3 Å². The minimum absolute atomic E-state index is 0.106. The molecule has 5 nitrogen and oxygen atoms in total. The summed E-state index contributed by atoms with van der Waals surface area (Å²) in [6, 6.07) is 10.2. The van der Waals surface area contributed by atoms with Crippen LogP contribution in [0.25, 0.3) is 16.5 Å². The predicted molar refractivity (Wildman–Crippen MR) is 69.7 cm³/mol. The number of rotatable bonds is 2. The van der Waals surface area contributed by atoms with E-state index in [1.54, 1.807) is 17.1 Å². The van der Waals surface area contributed by atoms with Crippen LogP contribution in [-0.2, 0) is 0 Å². The minimum atomic E-state index is -1.15. The summed E-state index contributed by atoms with van der Waals surface area (Å²) in [6.45, 7) is 0. The fraction of sp³-hybridized carbons (Fsp3) is 0. The Kier molecular flexibility index (Phi) is 2.45. The molecule has 1 aromatic heterocycles. The van der Waals surface area contributed by atoms with Gasteiger partial charge in [-0.25, -0.2) is 9.48 Å². The lowest BCUT2D eigenvalue weighted by Crippen LogP contribution is -1.97. The number of carboxylic acids is 1. The molecule has 1 heterocycles. The summed E-state index contributed by atoms with van der Waals surface area (Å²) in [5.74, 6) is -1.38. The van der Waals surface area contributed by atoms with Gasteiger partial charge in [-0.15, -0.1) is 0 Å². The molecule has 2 N–H and O–H groups in total. The number of carbonyl (C=O) groups is 1. The van der Waals surface area contributed by atoms with Crippen LogP contribution < -0.4 is 0 Å². The van der Waals surface area contributed by atoms with Gasteiger partial charge in [-0.2, -0.15) is 5.10 Å². The molecule has 0 aliphatic heterocycles. The van der Waals surface area contributed by atoms with E-state index in [2.05, 4.69) is 5.10 Å². The van der Waals surface area contributed by atoms with Crippen molar-refractivity contribution in [2.45, 2.75) is 0 Å². The van der Waals surface area contributed by atoms with Crippen molar-refractivity contribution in [1.82, 2.24) is 9.78 Å². The van der Waals surface area contributed by atoms with Gasteiger partial charge in [-0.3, -0.25) is 0 Å². The summed E-state index contributed by atoms with van der Waals surface area (Å²) >= 11 is 0. The van der Waals surface area contributed by atoms with Gasteiger partial charge in [0.15, 0.2) is 0 Å². The van der Waals surface area contributed by atoms with Gasteiger partial charge in [0, 0.05) is 12.4 Å². The zero-order valence-electron chi connectivity index (χ0n) is 9.82. The first-order valence-corrected chi connectivity index (χ1v) is 5.65. The molecule has 3 rings (SSSR count). The summed E-state index contributed by atoms with van der Waals surface area (Å²) in [5.41, 5.74) is 0.727. The van der Waals surface area contributed by atoms with E-state index in [9.17, 15) is 9.90 Å².